The third kappa shape index (κ3) is 1.78. The average Bonchev–Trinajstić information content (AvgIpc) is 2.68. The van der Waals surface area contributed by atoms with Crippen LogP contribution in [0.5, 0.6) is 0 Å². The number of carboxylic acid groups (broad SMARTS) is 1. The molecule has 0 unspecified atom stereocenters. The zero-order valence-electron chi connectivity index (χ0n) is 11.1. The summed E-state index contributed by atoms with van der Waals surface area (Å²) in [5.41, 5.74) is 0.708. The van der Waals surface area contributed by atoms with Crippen molar-refractivity contribution in [2.24, 2.45) is 0 Å². The highest BCUT2D eigenvalue weighted by Gasteiger charge is 2.33. The number of carbonyl (C=O) groups is 1. The third-order valence-corrected chi connectivity index (χ3v) is 3.19. The van der Waals surface area contributed by atoms with Crippen molar-refractivity contribution in [1.82, 2.24) is 9.55 Å². The lowest BCUT2D eigenvalue weighted by Crippen LogP contribution is -2.37. The number of nitrogens with zero attached hydrogens (tertiary/aromatic N) is 2. The topological polar surface area (TPSA) is 55.1 Å². The van der Waals surface area contributed by atoms with Crippen molar-refractivity contribution in [1.29, 1.82) is 0 Å². The van der Waals surface area contributed by atoms with Gasteiger partial charge in [-0.3, -0.25) is 0 Å². The number of aromatic nitrogens is 2. The summed E-state index contributed by atoms with van der Waals surface area (Å²) in [5, 5.41) is 9.43. The standard InChI is InChI=1S/C14H18N2O2/c1-9(2)12-15-10-7-5-6-8-11(10)16(12)14(3,4)13(17)18/h5-9H,1-4H3,(H,17,18). The maximum atomic E-state index is 11.5. The minimum absolute atomic E-state index is 0.177. The molecule has 0 atom stereocenters. The summed E-state index contributed by atoms with van der Waals surface area (Å²) >= 11 is 0. The summed E-state index contributed by atoms with van der Waals surface area (Å²) in [5.74, 6) is 0.132. The van der Waals surface area contributed by atoms with E-state index in [0.717, 1.165) is 16.9 Å². The van der Waals surface area contributed by atoms with Gasteiger partial charge in [-0.1, -0.05) is 26.0 Å². The van der Waals surface area contributed by atoms with Gasteiger partial charge in [-0.05, 0) is 26.0 Å². The second-order valence-electron chi connectivity index (χ2n) is 5.31. The second kappa shape index (κ2) is 4.12. The van der Waals surface area contributed by atoms with Gasteiger partial charge in [0.2, 0.25) is 0 Å². The molecule has 18 heavy (non-hydrogen) atoms. The van der Waals surface area contributed by atoms with Crippen LogP contribution >= 0.6 is 0 Å². The number of carboxylic acids is 1. The van der Waals surface area contributed by atoms with Crippen LogP contribution in [0.3, 0.4) is 0 Å². The van der Waals surface area contributed by atoms with Gasteiger partial charge in [-0.2, -0.15) is 0 Å². The number of hydrogen-bond donors (Lipinski definition) is 1. The van der Waals surface area contributed by atoms with E-state index in [1.54, 1.807) is 13.8 Å². The fraction of sp³-hybridized carbons (Fsp3) is 0.429. The molecule has 0 radical (unpaired) electrons. The van der Waals surface area contributed by atoms with Gasteiger partial charge >= 0.3 is 5.97 Å². The SMILES string of the molecule is CC(C)c1nc2ccccc2n1C(C)(C)C(=O)O. The smallest absolute Gasteiger partial charge is 0.329 e. The number of hydrogen-bond acceptors (Lipinski definition) is 2. The van der Waals surface area contributed by atoms with Crippen molar-refractivity contribution < 1.29 is 9.90 Å². The first-order valence-electron chi connectivity index (χ1n) is 6.07. The molecule has 0 saturated heterocycles. The van der Waals surface area contributed by atoms with Gasteiger partial charge in [-0.15, -0.1) is 0 Å². The number of imidazole rings is 1. The summed E-state index contributed by atoms with van der Waals surface area (Å²) in [6, 6.07) is 7.65. The molecule has 0 aliphatic heterocycles. The Kier molecular flexibility index (Phi) is 2.89. The molecule has 0 fully saturated rings. The zero-order valence-corrected chi connectivity index (χ0v) is 11.1. The second-order valence-corrected chi connectivity index (χ2v) is 5.31. The quantitative estimate of drug-likeness (QED) is 0.905. The molecule has 4 nitrogen and oxygen atoms in total. The minimum Gasteiger partial charge on any atom is -0.480 e. The lowest BCUT2D eigenvalue weighted by atomic mass is 10.0. The van der Waals surface area contributed by atoms with Crippen molar-refractivity contribution in [3.8, 4) is 0 Å². The molecule has 0 amide bonds. The molecule has 0 spiro atoms. The van der Waals surface area contributed by atoms with E-state index >= 15 is 0 Å². The van der Waals surface area contributed by atoms with Crippen molar-refractivity contribution in [2.75, 3.05) is 0 Å². The Hall–Kier alpha value is -1.84. The summed E-state index contributed by atoms with van der Waals surface area (Å²) in [6.07, 6.45) is 0. The molecule has 0 aliphatic rings. The van der Waals surface area contributed by atoms with Crippen LogP contribution < -0.4 is 0 Å². The van der Waals surface area contributed by atoms with E-state index in [9.17, 15) is 9.90 Å². The minimum atomic E-state index is -1.00. The van der Waals surface area contributed by atoms with Gasteiger partial charge in [0.15, 0.2) is 0 Å². The molecule has 2 rings (SSSR count). The van der Waals surface area contributed by atoms with E-state index in [2.05, 4.69) is 4.98 Å². The molecule has 2 aromatic rings. The zero-order chi connectivity index (χ0) is 13.5. The first kappa shape index (κ1) is 12.6. The van der Waals surface area contributed by atoms with Crippen LogP contribution in [0, 0.1) is 0 Å². The predicted octanol–water partition coefficient (Wildman–Crippen LogP) is 2.98. The Balaban J connectivity index is 2.81. The van der Waals surface area contributed by atoms with Crippen LogP contribution in [0.2, 0.25) is 0 Å². The summed E-state index contributed by atoms with van der Waals surface area (Å²) in [4.78, 5) is 16.0. The number of para-hydroxylation sites is 2. The number of aliphatic carboxylic acids is 1. The molecule has 1 aromatic heterocycles. The fourth-order valence-corrected chi connectivity index (χ4v) is 2.12. The van der Waals surface area contributed by atoms with Crippen molar-refractivity contribution in [3.05, 3.63) is 30.1 Å². The Morgan fingerprint density at radius 2 is 1.94 bits per heavy atom. The highest BCUT2D eigenvalue weighted by atomic mass is 16.4. The van der Waals surface area contributed by atoms with Crippen LogP contribution in [0.25, 0.3) is 11.0 Å². The van der Waals surface area contributed by atoms with E-state index in [-0.39, 0.29) is 5.92 Å². The molecule has 1 heterocycles. The lowest BCUT2D eigenvalue weighted by Gasteiger charge is -2.25. The Morgan fingerprint density at radius 1 is 1.33 bits per heavy atom. The molecule has 1 aromatic carbocycles. The van der Waals surface area contributed by atoms with Crippen molar-refractivity contribution in [2.45, 2.75) is 39.2 Å². The van der Waals surface area contributed by atoms with Crippen molar-refractivity contribution >= 4 is 17.0 Å². The molecule has 0 bridgehead atoms. The Labute approximate surface area is 106 Å². The molecule has 0 aliphatic carbocycles. The van der Waals surface area contributed by atoms with Gasteiger partial charge in [-0.25, -0.2) is 9.78 Å². The Morgan fingerprint density at radius 3 is 2.50 bits per heavy atom. The van der Waals surface area contributed by atoms with Gasteiger partial charge < -0.3 is 9.67 Å². The number of rotatable bonds is 3. The van der Waals surface area contributed by atoms with Gasteiger partial charge in [0.25, 0.3) is 0 Å². The van der Waals surface area contributed by atoms with Gasteiger partial charge in [0.05, 0.1) is 11.0 Å². The van der Waals surface area contributed by atoms with Crippen molar-refractivity contribution in [3.63, 3.8) is 0 Å². The normalized spacial score (nSPS) is 12.3. The van der Waals surface area contributed by atoms with E-state index in [4.69, 9.17) is 0 Å². The molecule has 96 valence electrons. The lowest BCUT2D eigenvalue weighted by molar-refractivity contribution is -0.145. The molecule has 4 heteroatoms. The Bertz CT molecular complexity index is 597. The maximum Gasteiger partial charge on any atom is 0.329 e. The first-order valence-corrected chi connectivity index (χ1v) is 6.07. The van der Waals surface area contributed by atoms with Crippen LogP contribution in [-0.2, 0) is 10.3 Å². The highest BCUT2D eigenvalue weighted by molar-refractivity contribution is 5.82. The average molecular weight is 246 g/mol. The number of fused-ring (bicyclic) bond motifs is 1. The summed E-state index contributed by atoms with van der Waals surface area (Å²) < 4.78 is 1.83. The van der Waals surface area contributed by atoms with E-state index in [0.29, 0.717) is 0 Å². The first-order chi connectivity index (χ1) is 8.35. The molecular formula is C14H18N2O2. The number of benzene rings is 1. The highest BCUT2D eigenvalue weighted by Crippen LogP contribution is 2.29. The summed E-state index contributed by atoms with van der Waals surface area (Å²) in [7, 11) is 0. The maximum absolute atomic E-state index is 11.5. The summed E-state index contributed by atoms with van der Waals surface area (Å²) in [6.45, 7) is 7.45. The van der Waals surface area contributed by atoms with Gasteiger partial charge in [0.1, 0.15) is 11.4 Å². The predicted molar refractivity (Wildman–Crippen MR) is 70.8 cm³/mol. The van der Waals surface area contributed by atoms with Gasteiger partial charge in [0, 0.05) is 5.92 Å². The third-order valence-electron chi connectivity index (χ3n) is 3.19. The van der Waals surface area contributed by atoms with Crippen LogP contribution in [0.4, 0.5) is 0 Å². The monoisotopic (exact) mass is 246 g/mol. The van der Waals surface area contributed by atoms with E-state index in [1.807, 2.05) is 42.7 Å². The molecule has 1 N–H and O–H groups in total. The largest absolute Gasteiger partial charge is 0.480 e. The fourth-order valence-electron chi connectivity index (χ4n) is 2.12. The van der Waals surface area contributed by atoms with E-state index in [1.165, 1.54) is 0 Å². The molecular weight excluding hydrogens is 228 g/mol. The van der Waals surface area contributed by atoms with Crippen LogP contribution in [0.1, 0.15) is 39.4 Å². The van der Waals surface area contributed by atoms with E-state index < -0.39 is 11.5 Å². The van der Waals surface area contributed by atoms with Crippen LogP contribution in [0.15, 0.2) is 24.3 Å². The molecule has 0 saturated carbocycles. The van der Waals surface area contributed by atoms with Crippen LogP contribution in [-0.4, -0.2) is 20.6 Å².